The van der Waals surface area contributed by atoms with Gasteiger partial charge in [-0.05, 0) is 28.1 Å². The van der Waals surface area contributed by atoms with Crippen LogP contribution in [0.25, 0.3) is 0 Å². The van der Waals surface area contributed by atoms with E-state index in [-0.39, 0.29) is 23.9 Å². The lowest BCUT2D eigenvalue weighted by molar-refractivity contribution is 0.0380. The number of ether oxygens (including phenoxy) is 3. The zero-order valence-electron chi connectivity index (χ0n) is 12.4. The minimum absolute atomic E-state index is 0. The third-order valence-electron chi connectivity index (χ3n) is 3.43. The Morgan fingerprint density at radius 2 is 1.90 bits per heavy atom. The van der Waals surface area contributed by atoms with E-state index >= 15 is 0 Å². The van der Waals surface area contributed by atoms with Crippen molar-refractivity contribution in [1.82, 2.24) is 5.32 Å². The Kier molecular flexibility index (Phi) is 5.75. The summed E-state index contributed by atoms with van der Waals surface area (Å²) in [6.07, 6.45) is -0.418. The zero-order valence-corrected chi connectivity index (χ0v) is 14.8. The highest BCUT2D eigenvalue weighted by Crippen LogP contribution is 2.43. The molecule has 1 saturated heterocycles. The third-order valence-corrected chi connectivity index (χ3v) is 4.05. The average Bonchev–Trinajstić information content (AvgIpc) is 2.41. The van der Waals surface area contributed by atoms with E-state index in [2.05, 4.69) is 21.2 Å². The van der Waals surface area contributed by atoms with Crippen LogP contribution in [0.2, 0.25) is 0 Å². The van der Waals surface area contributed by atoms with Gasteiger partial charge < -0.3 is 19.5 Å². The number of rotatable bonds is 3. The summed E-state index contributed by atoms with van der Waals surface area (Å²) < 4.78 is 16.6. The number of alkyl carbamates (subject to hydrolysis) is 1. The second-order valence-corrected chi connectivity index (χ2v) is 6.23. The fourth-order valence-electron chi connectivity index (χ4n) is 2.30. The van der Waals surface area contributed by atoms with Crippen molar-refractivity contribution in [1.29, 1.82) is 0 Å². The minimum Gasteiger partial charge on any atom is -0.496 e. The molecular formula is C14H19BrClNO4. The fraction of sp³-hybridized carbons (Fsp3) is 0.500. The second kappa shape index (κ2) is 6.75. The van der Waals surface area contributed by atoms with Crippen molar-refractivity contribution in [3.8, 4) is 11.5 Å². The number of carbonyl (C=O) groups excluding carboxylic acids is 1. The van der Waals surface area contributed by atoms with Crippen molar-refractivity contribution in [2.45, 2.75) is 19.9 Å². The Bertz CT molecular complexity index is 536. The summed E-state index contributed by atoms with van der Waals surface area (Å²) in [5, 5.41) is 2.86. The molecule has 0 unspecified atom stereocenters. The highest BCUT2D eigenvalue weighted by atomic mass is 79.9. The summed E-state index contributed by atoms with van der Waals surface area (Å²) in [4.78, 5) is 11.5. The van der Waals surface area contributed by atoms with Crippen molar-refractivity contribution >= 4 is 34.4 Å². The Morgan fingerprint density at radius 1 is 1.29 bits per heavy atom. The van der Waals surface area contributed by atoms with E-state index in [4.69, 9.17) is 14.2 Å². The standard InChI is InChI=1S/C14H18BrNO4.ClH/c1-14(2)7-20-13(17)16-12(14)8-5-11(19-4)9(15)6-10(8)18-3;/h5-6,12H,7H2,1-4H3,(H,16,17);1H/t12-;/m1./s1. The number of halogens is 2. The molecular weight excluding hydrogens is 362 g/mol. The molecule has 1 N–H and O–H groups in total. The molecule has 1 aromatic rings. The average molecular weight is 381 g/mol. The molecule has 21 heavy (non-hydrogen) atoms. The summed E-state index contributed by atoms with van der Waals surface area (Å²) in [6.45, 7) is 4.42. The molecule has 1 aliphatic rings. The SMILES string of the molecule is COc1cc([C@H]2NC(=O)OCC2(C)C)c(OC)cc1Br.Cl. The van der Waals surface area contributed by atoms with Crippen LogP contribution in [0.3, 0.4) is 0 Å². The van der Waals surface area contributed by atoms with Gasteiger partial charge >= 0.3 is 6.09 Å². The van der Waals surface area contributed by atoms with Gasteiger partial charge in [0.2, 0.25) is 0 Å². The number of cyclic esters (lactones) is 1. The second-order valence-electron chi connectivity index (χ2n) is 5.37. The molecule has 118 valence electrons. The molecule has 1 heterocycles. The summed E-state index contributed by atoms with van der Waals surface area (Å²) in [7, 11) is 3.20. The Morgan fingerprint density at radius 3 is 2.48 bits per heavy atom. The van der Waals surface area contributed by atoms with E-state index in [9.17, 15) is 4.79 Å². The largest absolute Gasteiger partial charge is 0.496 e. The Labute approximate surface area is 138 Å². The summed E-state index contributed by atoms with van der Waals surface area (Å²) in [5.74, 6) is 1.38. The molecule has 0 aromatic heterocycles. The van der Waals surface area contributed by atoms with Gasteiger partial charge in [0.25, 0.3) is 0 Å². The Balaban J connectivity index is 0.00000220. The predicted molar refractivity (Wildman–Crippen MR) is 85.5 cm³/mol. The minimum atomic E-state index is -0.418. The van der Waals surface area contributed by atoms with Crippen molar-refractivity contribution in [3.63, 3.8) is 0 Å². The van der Waals surface area contributed by atoms with Gasteiger partial charge in [0, 0.05) is 11.0 Å². The fourth-order valence-corrected chi connectivity index (χ4v) is 2.78. The van der Waals surface area contributed by atoms with E-state index in [0.717, 1.165) is 10.0 Å². The van der Waals surface area contributed by atoms with Crippen LogP contribution < -0.4 is 14.8 Å². The molecule has 1 fully saturated rings. The van der Waals surface area contributed by atoms with Gasteiger partial charge in [0.1, 0.15) is 18.1 Å². The number of methoxy groups -OCH3 is 2. The highest BCUT2D eigenvalue weighted by molar-refractivity contribution is 9.10. The van der Waals surface area contributed by atoms with Crippen molar-refractivity contribution in [3.05, 3.63) is 22.2 Å². The number of carbonyl (C=O) groups is 1. The first-order valence-corrected chi connectivity index (χ1v) is 7.03. The summed E-state index contributed by atoms with van der Waals surface area (Å²) in [5.41, 5.74) is 0.620. The monoisotopic (exact) mass is 379 g/mol. The van der Waals surface area contributed by atoms with Gasteiger partial charge in [-0.1, -0.05) is 13.8 Å². The van der Waals surface area contributed by atoms with Crippen molar-refractivity contribution in [2.24, 2.45) is 5.41 Å². The quantitative estimate of drug-likeness (QED) is 0.869. The third kappa shape index (κ3) is 3.55. The van der Waals surface area contributed by atoms with Crippen LogP contribution >= 0.6 is 28.3 Å². The lowest BCUT2D eigenvalue weighted by Gasteiger charge is -2.39. The number of amides is 1. The van der Waals surface area contributed by atoms with Crippen LogP contribution in [0, 0.1) is 5.41 Å². The smallest absolute Gasteiger partial charge is 0.407 e. The van der Waals surface area contributed by atoms with Gasteiger partial charge in [-0.2, -0.15) is 0 Å². The van der Waals surface area contributed by atoms with Crippen LogP contribution in [-0.4, -0.2) is 26.9 Å². The molecule has 5 nitrogen and oxygen atoms in total. The molecule has 7 heteroatoms. The van der Waals surface area contributed by atoms with Gasteiger partial charge in [-0.25, -0.2) is 4.79 Å². The molecule has 0 radical (unpaired) electrons. The summed E-state index contributed by atoms with van der Waals surface area (Å²) >= 11 is 3.43. The van der Waals surface area contributed by atoms with Gasteiger partial charge in [0.05, 0.1) is 24.7 Å². The molecule has 1 aliphatic heterocycles. The van der Waals surface area contributed by atoms with Crippen LogP contribution in [0.1, 0.15) is 25.5 Å². The zero-order chi connectivity index (χ0) is 14.9. The van der Waals surface area contributed by atoms with E-state index < -0.39 is 6.09 Å². The molecule has 0 saturated carbocycles. The maximum absolute atomic E-state index is 11.5. The van der Waals surface area contributed by atoms with Crippen molar-refractivity contribution < 1.29 is 19.0 Å². The van der Waals surface area contributed by atoms with Gasteiger partial charge in [-0.3, -0.25) is 0 Å². The van der Waals surface area contributed by atoms with Crippen LogP contribution in [-0.2, 0) is 4.74 Å². The van der Waals surface area contributed by atoms with Crippen molar-refractivity contribution in [2.75, 3.05) is 20.8 Å². The molecule has 0 spiro atoms. The Hall–Kier alpha value is -1.14. The first-order chi connectivity index (χ1) is 9.39. The molecule has 1 aromatic carbocycles. The van der Waals surface area contributed by atoms with E-state index in [1.165, 1.54) is 0 Å². The van der Waals surface area contributed by atoms with Gasteiger partial charge in [0.15, 0.2) is 0 Å². The first kappa shape index (κ1) is 17.9. The lowest BCUT2D eigenvalue weighted by atomic mass is 9.80. The summed E-state index contributed by atoms with van der Waals surface area (Å²) in [6, 6.07) is 3.51. The normalized spacial score (nSPS) is 19.9. The molecule has 1 atom stereocenters. The topological polar surface area (TPSA) is 56.8 Å². The van der Waals surface area contributed by atoms with E-state index in [0.29, 0.717) is 18.1 Å². The van der Waals surface area contributed by atoms with Crippen LogP contribution in [0.4, 0.5) is 4.79 Å². The van der Waals surface area contributed by atoms with E-state index in [1.807, 2.05) is 26.0 Å². The molecule has 1 amide bonds. The number of nitrogens with one attached hydrogen (secondary N) is 1. The maximum atomic E-state index is 11.5. The number of hydrogen-bond donors (Lipinski definition) is 1. The molecule has 0 bridgehead atoms. The van der Waals surface area contributed by atoms with Crippen LogP contribution in [0.5, 0.6) is 11.5 Å². The lowest BCUT2D eigenvalue weighted by Crippen LogP contribution is -2.47. The van der Waals surface area contributed by atoms with Crippen LogP contribution in [0.15, 0.2) is 16.6 Å². The van der Waals surface area contributed by atoms with Gasteiger partial charge in [-0.15, -0.1) is 12.4 Å². The number of hydrogen-bond acceptors (Lipinski definition) is 4. The van der Waals surface area contributed by atoms with E-state index in [1.54, 1.807) is 14.2 Å². The molecule has 2 rings (SSSR count). The first-order valence-electron chi connectivity index (χ1n) is 6.23. The molecule has 0 aliphatic carbocycles. The number of benzene rings is 1. The predicted octanol–water partition coefficient (Wildman–Crippen LogP) is 3.70. The highest BCUT2D eigenvalue weighted by Gasteiger charge is 2.39. The maximum Gasteiger partial charge on any atom is 0.407 e.